The Hall–Kier alpha value is -1.08. The van der Waals surface area contributed by atoms with Crippen LogP contribution in [0.25, 0.3) is 0 Å². The number of carbonyl (C=O) groups is 1. The van der Waals surface area contributed by atoms with Crippen LogP contribution in [0.2, 0.25) is 0 Å². The van der Waals surface area contributed by atoms with Crippen LogP contribution in [-0.2, 0) is 4.79 Å². The lowest BCUT2D eigenvalue weighted by Gasteiger charge is -2.02. The molecule has 68 valence electrons. The molecule has 0 radical (unpaired) electrons. The molecule has 0 aliphatic carbocycles. The number of carbonyl (C=O) groups excluding carboxylic acids is 1. The van der Waals surface area contributed by atoms with Gasteiger partial charge in [-0.2, -0.15) is 5.26 Å². The average Bonchev–Trinajstić information content (AvgIpc) is 2.09. The Labute approximate surface area is 72.9 Å². The normalized spacial score (nSPS) is 9.00. The smallest absolute Gasteiger partial charge is 0.234 e. The van der Waals surface area contributed by atoms with Crippen LogP contribution in [0, 0.1) is 11.3 Å². The first-order chi connectivity index (χ1) is 5.81. The molecule has 0 rings (SSSR count). The van der Waals surface area contributed by atoms with E-state index in [2.05, 4.69) is 17.6 Å². The van der Waals surface area contributed by atoms with Crippen LogP contribution in [0.4, 0.5) is 0 Å². The summed E-state index contributed by atoms with van der Waals surface area (Å²) < 4.78 is 0. The Morgan fingerprint density at radius 3 is 2.92 bits per heavy atom. The zero-order chi connectivity index (χ0) is 9.23. The Morgan fingerprint density at radius 2 is 2.33 bits per heavy atom. The lowest BCUT2D eigenvalue weighted by molar-refractivity contribution is -0.120. The lowest BCUT2D eigenvalue weighted by atomic mass is 10.3. The number of amides is 1. The van der Waals surface area contributed by atoms with Crippen LogP contribution in [0.15, 0.2) is 0 Å². The third-order valence-corrected chi connectivity index (χ3v) is 1.36. The zero-order valence-corrected chi connectivity index (χ0v) is 7.39. The van der Waals surface area contributed by atoms with Gasteiger partial charge in [0.25, 0.3) is 0 Å². The maximum Gasteiger partial charge on any atom is 0.234 e. The molecule has 0 aliphatic rings. The van der Waals surface area contributed by atoms with E-state index in [-0.39, 0.29) is 12.5 Å². The Kier molecular flexibility index (Phi) is 7.30. The van der Waals surface area contributed by atoms with Crippen molar-refractivity contribution in [3.05, 3.63) is 0 Å². The van der Waals surface area contributed by atoms with Crippen molar-refractivity contribution in [2.24, 2.45) is 0 Å². The summed E-state index contributed by atoms with van der Waals surface area (Å²) >= 11 is 0. The van der Waals surface area contributed by atoms with E-state index in [0.717, 1.165) is 19.4 Å². The van der Waals surface area contributed by atoms with E-state index in [0.29, 0.717) is 6.54 Å². The summed E-state index contributed by atoms with van der Waals surface area (Å²) in [7, 11) is 0. The number of rotatable bonds is 6. The van der Waals surface area contributed by atoms with Crippen molar-refractivity contribution < 1.29 is 4.79 Å². The van der Waals surface area contributed by atoms with E-state index in [1.165, 1.54) is 0 Å². The topological polar surface area (TPSA) is 64.9 Å². The van der Waals surface area contributed by atoms with E-state index in [1.54, 1.807) is 0 Å². The van der Waals surface area contributed by atoms with Crippen molar-refractivity contribution in [3.8, 4) is 6.07 Å². The predicted molar refractivity (Wildman–Crippen MR) is 46.4 cm³/mol. The SMILES string of the molecule is CCCCNCC(=O)NCC#N. The van der Waals surface area contributed by atoms with Crippen molar-refractivity contribution in [3.63, 3.8) is 0 Å². The summed E-state index contributed by atoms with van der Waals surface area (Å²) in [5.41, 5.74) is 0. The number of nitrogens with one attached hydrogen (secondary N) is 2. The van der Waals surface area contributed by atoms with Crippen LogP contribution in [0.5, 0.6) is 0 Å². The highest BCUT2D eigenvalue weighted by atomic mass is 16.1. The molecule has 0 bridgehead atoms. The van der Waals surface area contributed by atoms with Crippen LogP contribution < -0.4 is 10.6 Å². The molecule has 1 amide bonds. The van der Waals surface area contributed by atoms with E-state index >= 15 is 0 Å². The number of nitrogens with zero attached hydrogens (tertiary/aromatic N) is 1. The fourth-order valence-electron chi connectivity index (χ4n) is 0.704. The third kappa shape index (κ3) is 7.03. The molecule has 0 aliphatic heterocycles. The van der Waals surface area contributed by atoms with Gasteiger partial charge in [0.05, 0.1) is 12.6 Å². The van der Waals surface area contributed by atoms with Gasteiger partial charge in [-0.15, -0.1) is 0 Å². The first-order valence-electron chi connectivity index (χ1n) is 4.15. The first-order valence-corrected chi connectivity index (χ1v) is 4.15. The van der Waals surface area contributed by atoms with Crippen molar-refractivity contribution in [2.45, 2.75) is 19.8 Å². The highest BCUT2D eigenvalue weighted by Crippen LogP contribution is 1.81. The molecule has 4 heteroatoms. The summed E-state index contributed by atoms with van der Waals surface area (Å²) in [6, 6.07) is 1.84. The average molecular weight is 169 g/mol. The molecule has 0 saturated carbocycles. The molecule has 0 aromatic carbocycles. The molecule has 0 atom stereocenters. The molecule has 0 heterocycles. The van der Waals surface area contributed by atoms with Crippen molar-refractivity contribution >= 4 is 5.91 Å². The summed E-state index contributed by atoms with van der Waals surface area (Å²) in [5.74, 6) is -0.118. The van der Waals surface area contributed by atoms with Crippen molar-refractivity contribution in [2.75, 3.05) is 19.6 Å². The molecule has 0 fully saturated rings. The quantitative estimate of drug-likeness (QED) is 0.435. The van der Waals surface area contributed by atoms with Crippen molar-refractivity contribution in [1.29, 1.82) is 5.26 Å². The minimum atomic E-state index is -0.118. The first kappa shape index (κ1) is 10.9. The van der Waals surface area contributed by atoms with E-state index < -0.39 is 0 Å². The molecule has 0 spiro atoms. The standard InChI is InChI=1S/C8H15N3O/c1-2-3-5-10-7-8(12)11-6-4-9/h10H,2-3,5-7H2,1H3,(H,11,12). The van der Waals surface area contributed by atoms with Gasteiger partial charge >= 0.3 is 0 Å². The van der Waals surface area contributed by atoms with Gasteiger partial charge in [-0.25, -0.2) is 0 Å². The van der Waals surface area contributed by atoms with Crippen LogP contribution in [-0.4, -0.2) is 25.5 Å². The molecular formula is C8H15N3O. The fraction of sp³-hybridized carbons (Fsp3) is 0.750. The molecule has 12 heavy (non-hydrogen) atoms. The molecule has 4 nitrogen and oxygen atoms in total. The van der Waals surface area contributed by atoms with Gasteiger partial charge in [0, 0.05) is 0 Å². The van der Waals surface area contributed by atoms with Crippen molar-refractivity contribution in [1.82, 2.24) is 10.6 Å². The Balaban J connectivity index is 3.15. The molecule has 0 unspecified atom stereocenters. The second-order valence-corrected chi connectivity index (χ2v) is 2.47. The van der Waals surface area contributed by atoms with Gasteiger partial charge in [-0.3, -0.25) is 4.79 Å². The number of unbranched alkanes of at least 4 members (excludes halogenated alkanes) is 1. The molecule has 0 aromatic rings. The largest absolute Gasteiger partial charge is 0.342 e. The van der Waals surface area contributed by atoms with E-state index in [1.807, 2.05) is 6.07 Å². The Bertz CT molecular complexity index is 162. The van der Waals surface area contributed by atoms with Gasteiger partial charge in [-0.05, 0) is 13.0 Å². The number of nitriles is 1. The molecular weight excluding hydrogens is 154 g/mol. The predicted octanol–water partition coefficient (Wildman–Crippen LogP) is 0.0159. The lowest BCUT2D eigenvalue weighted by Crippen LogP contribution is -2.34. The summed E-state index contributed by atoms with van der Waals surface area (Å²) in [4.78, 5) is 10.8. The monoisotopic (exact) mass is 169 g/mol. The highest BCUT2D eigenvalue weighted by Gasteiger charge is 1.96. The fourth-order valence-corrected chi connectivity index (χ4v) is 0.704. The summed E-state index contributed by atoms with van der Waals surface area (Å²) in [6.07, 6.45) is 2.19. The maximum atomic E-state index is 10.8. The van der Waals surface area contributed by atoms with Crippen LogP contribution >= 0.6 is 0 Å². The van der Waals surface area contributed by atoms with Gasteiger partial charge in [-0.1, -0.05) is 13.3 Å². The van der Waals surface area contributed by atoms with Gasteiger partial charge in [0.1, 0.15) is 6.54 Å². The molecule has 0 saturated heterocycles. The van der Waals surface area contributed by atoms with Crippen LogP contribution in [0.1, 0.15) is 19.8 Å². The molecule has 2 N–H and O–H groups in total. The number of hydrogen-bond donors (Lipinski definition) is 2. The summed E-state index contributed by atoms with van der Waals surface area (Å²) in [5, 5.41) is 13.6. The van der Waals surface area contributed by atoms with Gasteiger partial charge in [0.15, 0.2) is 0 Å². The second kappa shape index (κ2) is 8.02. The van der Waals surface area contributed by atoms with Crippen LogP contribution in [0.3, 0.4) is 0 Å². The third-order valence-electron chi connectivity index (χ3n) is 1.36. The molecule has 0 aromatic heterocycles. The van der Waals surface area contributed by atoms with Gasteiger partial charge < -0.3 is 10.6 Å². The minimum Gasteiger partial charge on any atom is -0.342 e. The maximum absolute atomic E-state index is 10.8. The van der Waals surface area contributed by atoms with E-state index in [4.69, 9.17) is 5.26 Å². The Morgan fingerprint density at radius 1 is 1.58 bits per heavy atom. The minimum absolute atomic E-state index is 0.0916. The zero-order valence-electron chi connectivity index (χ0n) is 7.39. The highest BCUT2D eigenvalue weighted by molar-refractivity contribution is 5.78. The van der Waals surface area contributed by atoms with Gasteiger partial charge in [0.2, 0.25) is 5.91 Å². The van der Waals surface area contributed by atoms with E-state index in [9.17, 15) is 4.79 Å². The second-order valence-electron chi connectivity index (χ2n) is 2.47. The summed E-state index contributed by atoms with van der Waals surface area (Å²) in [6.45, 7) is 3.35. The number of hydrogen-bond acceptors (Lipinski definition) is 3.